The van der Waals surface area contributed by atoms with E-state index in [1.165, 1.54) is 23.2 Å². The number of aromatic nitrogens is 1. The lowest BCUT2D eigenvalue weighted by atomic mass is 10.2. The van der Waals surface area contributed by atoms with Crippen LogP contribution < -0.4 is 10.1 Å². The molecule has 1 N–H and O–H groups in total. The van der Waals surface area contributed by atoms with Gasteiger partial charge in [-0.15, -0.1) is 0 Å². The van der Waals surface area contributed by atoms with Gasteiger partial charge in [0, 0.05) is 25.8 Å². The lowest BCUT2D eigenvalue weighted by Gasteiger charge is -2.24. The van der Waals surface area contributed by atoms with Crippen molar-refractivity contribution in [3.8, 4) is 5.75 Å². The molecule has 0 unspecified atom stereocenters. The zero-order valence-electron chi connectivity index (χ0n) is 11.5. The van der Waals surface area contributed by atoms with Crippen LogP contribution in [0.1, 0.15) is 16.9 Å². The predicted molar refractivity (Wildman–Crippen MR) is 69.2 cm³/mol. The highest BCUT2D eigenvalue weighted by atomic mass is 19.4. The van der Waals surface area contributed by atoms with Crippen LogP contribution in [0.4, 0.5) is 13.2 Å². The van der Waals surface area contributed by atoms with Crippen molar-refractivity contribution in [2.45, 2.75) is 18.6 Å². The number of likely N-dealkylation sites (N-methyl/N-ethyl adjacent to an activating group) is 1. The van der Waals surface area contributed by atoms with Crippen LogP contribution in [-0.2, 0) is 0 Å². The predicted octanol–water partition coefficient (Wildman–Crippen LogP) is 1.46. The summed E-state index contributed by atoms with van der Waals surface area (Å²) in [5.41, 5.74) is -0.101. The number of pyridine rings is 1. The van der Waals surface area contributed by atoms with E-state index in [1.54, 1.807) is 7.05 Å². The Bertz CT molecular complexity index is 502. The summed E-state index contributed by atoms with van der Waals surface area (Å²) in [4.78, 5) is 17.7. The summed E-state index contributed by atoms with van der Waals surface area (Å²) in [5, 5.41) is 3.12. The van der Waals surface area contributed by atoms with Gasteiger partial charge in [0.05, 0.1) is 0 Å². The van der Waals surface area contributed by atoms with Gasteiger partial charge in [0.2, 0.25) is 0 Å². The Hall–Kier alpha value is -1.83. The van der Waals surface area contributed by atoms with Gasteiger partial charge in [0.25, 0.3) is 5.91 Å². The van der Waals surface area contributed by atoms with Gasteiger partial charge in [-0.1, -0.05) is 0 Å². The van der Waals surface area contributed by atoms with Crippen molar-refractivity contribution in [1.29, 1.82) is 0 Å². The smallest absolute Gasteiger partial charge is 0.422 e. The molecular formula is C13H16F3N3O2. The minimum absolute atomic E-state index is 0.00923. The molecule has 2 heterocycles. The Kier molecular flexibility index (Phi) is 4.66. The van der Waals surface area contributed by atoms with Gasteiger partial charge in [-0.3, -0.25) is 4.79 Å². The van der Waals surface area contributed by atoms with Crippen molar-refractivity contribution >= 4 is 5.91 Å². The van der Waals surface area contributed by atoms with Crippen molar-refractivity contribution in [2.24, 2.45) is 0 Å². The number of amides is 1. The van der Waals surface area contributed by atoms with Crippen molar-refractivity contribution in [1.82, 2.24) is 15.2 Å². The second-order valence-corrected chi connectivity index (χ2v) is 4.82. The van der Waals surface area contributed by atoms with Crippen LogP contribution in [0.15, 0.2) is 18.3 Å². The van der Waals surface area contributed by atoms with Crippen molar-refractivity contribution in [2.75, 3.05) is 26.7 Å². The molecule has 1 atom stereocenters. The first kappa shape index (κ1) is 15.6. The molecule has 0 aliphatic carbocycles. The second-order valence-electron chi connectivity index (χ2n) is 4.82. The fraction of sp³-hybridized carbons (Fsp3) is 0.538. The molecule has 0 spiro atoms. The normalized spacial score (nSPS) is 18.6. The van der Waals surface area contributed by atoms with Crippen molar-refractivity contribution < 1.29 is 22.7 Å². The van der Waals surface area contributed by atoms with E-state index in [9.17, 15) is 18.0 Å². The SMILES string of the molecule is CN(C(=O)c1ncccc1OCC(F)(F)F)[C@H]1CCNC1. The van der Waals surface area contributed by atoms with Gasteiger partial charge in [-0.25, -0.2) is 4.98 Å². The second kappa shape index (κ2) is 6.30. The van der Waals surface area contributed by atoms with Crippen LogP contribution in [-0.4, -0.2) is 54.8 Å². The molecule has 1 aliphatic heterocycles. The van der Waals surface area contributed by atoms with Gasteiger partial charge in [-0.2, -0.15) is 13.2 Å². The summed E-state index contributed by atoms with van der Waals surface area (Å²) in [6, 6.07) is 2.75. The number of carbonyl (C=O) groups is 1. The molecule has 1 aromatic heterocycles. The molecule has 1 amide bonds. The molecule has 1 aromatic rings. The molecule has 1 fully saturated rings. The average Bonchev–Trinajstić information content (AvgIpc) is 2.97. The summed E-state index contributed by atoms with van der Waals surface area (Å²) < 4.78 is 41.4. The first-order valence-electron chi connectivity index (χ1n) is 6.51. The molecular weight excluding hydrogens is 287 g/mol. The van der Waals surface area contributed by atoms with Gasteiger partial charge < -0.3 is 15.0 Å². The van der Waals surface area contributed by atoms with E-state index < -0.39 is 18.7 Å². The first-order chi connectivity index (χ1) is 9.88. The Morgan fingerprint density at radius 2 is 2.33 bits per heavy atom. The molecule has 0 radical (unpaired) electrons. The van der Waals surface area contributed by atoms with Gasteiger partial charge in [-0.05, 0) is 25.1 Å². The van der Waals surface area contributed by atoms with Crippen LogP contribution in [0.2, 0.25) is 0 Å². The summed E-state index contributed by atoms with van der Waals surface area (Å²) >= 11 is 0. The molecule has 0 aromatic carbocycles. The lowest BCUT2D eigenvalue weighted by molar-refractivity contribution is -0.153. The third-order valence-electron chi connectivity index (χ3n) is 3.27. The molecule has 21 heavy (non-hydrogen) atoms. The number of hydrogen-bond acceptors (Lipinski definition) is 4. The Balaban J connectivity index is 2.12. The van der Waals surface area contributed by atoms with E-state index in [-0.39, 0.29) is 17.5 Å². The van der Waals surface area contributed by atoms with Crippen LogP contribution >= 0.6 is 0 Å². The monoisotopic (exact) mass is 303 g/mol. The van der Waals surface area contributed by atoms with E-state index in [0.29, 0.717) is 6.54 Å². The van der Waals surface area contributed by atoms with Gasteiger partial charge >= 0.3 is 6.18 Å². The fourth-order valence-corrected chi connectivity index (χ4v) is 2.13. The number of rotatable bonds is 4. The summed E-state index contributed by atoms with van der Waals surface area (Å²) in [5.74, 6) is -0.598. The third-order valence-corrected chi connectivity index (χ3v) is 3.27. The van der Waals surface area contributed by atoms with Crippen molar-refractivity contribution in [3.05, 3.63) is 24.0 Å². The summed E-state index contributed by atoms with van der Waals surface area (Å²) in [7, 11) is 1.61. The highest BCUT2D eigenvalue weighted by molar-refractivity contribution is 5.95. The van der Waals surface area contributed by atoms with E-state index in [0.717, 1.165) is 13.0 Å². The number of hydrogen-bond donors (Lipinski definition) is 1. The van der Waals surface area contributed by atoms with E-state index in [1.807, 2.05) is 0 Å². The molecule has 0 saturated carbocycles. The zero-order valence-corrected chi connectivity index (χ0v) is 11.5. The Labute approximate surface area is 120 Å². The Morgan fingerprint density at radius 3 is 2.95 bits per heavy atom. The number of halogens is 3. The molecule has 2 rings (SSSR count). The molecule has 116 valence electrons. The molecule has 1 aliphatic rings. The third kappa shape index (κ3) is 4.07. The quantitative estimate of drug-likeness (QED) is 0.915. The number of nitrogens with one attached hydrogen (secondary N) is 1. The summed E-state index contributed by atoms with van der Waals surface area (Å²) in [6.07, 6.45) is -2.31. The molecule has 1 saturated heterocycles. The number of carbonyl (C=O) groups excluding carboxylic acids is 1. The van der Waals surface area contributed by atoms with Crippen LogP contribution in [0, 0.1) is 0 Å². The Morgan fingerprint density at radius 1 is 1.57 bits per heavy atom. The van der Waals surface area contributed by atoms with E-state index >= 15 is 0 Å². The van der Waals surface area contributed by atoms with E-state index in [4.69, 9.17) is 0 Å². The number of alkyl halides is 3. The maximum Gasteiger partial charge on any atom is 0.422 e. The molecule has 0 bridgehead atoms. The minimum atomic E-state index is -4.46. The molecule has 8 heteroatoms. The van der Waals surface area contributed by atoms with Gasteiger partial charge in [0.1, 0.15) is 0 Å². The van der Waals surface area contributed by atoms with Crippen LogP contribution in [0.25, 0.3) is 0 Å². The number of ether oxygens (including phenoxy) is 1. The maximum atomic E-state index is 12.4. The maximum absolute atomic E-state index is 12.4. The topological polar surface area (TPSA) is 54.5 Å². The first-order valence-corrected chi connectivity index (χ1v) is 6.51. The lowest BCUT2D eigenvalue weighted by Crippen LogP contribution is -2.39. The van der Waals surface area contributed by atoms with Crippen LogP contribution in [0.3, 0.4) is 0 Å². The number of nitrogens with zero attached hydrogens (tertiary/aromatic N) is 2. The standard InChI is InChI=1S/C13H16F3N3O2/c1-19(9-4-6-17-7-9)12(20)11-10(3-2-5-18-11)21-8-13(14,15)16/h2-3,5,9,17H,4,6-8H2,1H3/t9-/m0/s1. The summed E-state index contributed by atoms with van der Waals surface area (Å²) in [6.45, 7) is 0.0173. The zero-order chi connectivity index (χ0) is 15.5. The minimum Gasteiger partial charge on any atom is -0.482 e. The average molecular weight is 303 g/mol. The fourth-order valence-electron chi connectivity index (χ4n) is 2.13. The van der Waals surface area contributed by atoms with Gasteiger partial charge in [0.15, 0.2) is 18.1 Å². The highest BCUT2D eigenvalue weighted by Gasteiger charge is 2.31. The van der Waals surface area contributed by atoms with E-state index in [2.05, 4.69) is 15.0 Å². The largest absolute Gasteiger partial charge is 0.482 e. The highest BCUT2D eigenvalue weighted by Crippen LogP contribution is 2.22. The van der Waals surface area contributed by atoms with Crippen LogP contribution in [0.5, 0.6) is 5.75 Å². The molecule has 5 nitrogen and oxygen atoms in total. The van der Waals surface area contributed by atoms with Crippen molar-refractivity contribution in [3.63, 3.8) is 0 Å².